The lowest BCUT2D eigenvalue weighted by Gasteiger charge is -2.28. The van der Waals surface area contributed by atoms with E-state index in [2.05, 4.69) is 10.3 Å². The van der Waals surface area contributed by atoms with Gasteiger partial charge in [0.15, 0.2) is 0 Å². The van der Waals surface area contributed by atoms with Crippen LogP contribution in [0.25, 0.3) is 10.9 Å². The van der Waals surface area contributed by atoms with Gasteiger partial charge in [-0.1, -0.05) is 18.2 Å². The molecule has 0 aliphatic carbocycles. The maximum Gasteiger partial charge on any atom is 0.323 e. The molecule has 1 aromatic heterocycles. The first-order valence-electron chi connectivity index (χ1n) is 6.28. The molecule has 0 bridgehead atoms. The molecule has 0 saturated heterocycles. The van der Waals surface area contributed by atoms with Crippen LogP contribution >= 0.6 is 0 Å². The highest BCUT2D eigenvalue weighted by molar-refractivity contribution is 5.87. The maximum absolute atomic E-state index is 11.7. The molecule has 1 aliphatic rings. The lowest BCUT2D eigenvalue weighted by atomic mass is 9.94. The lowest BCUT2D eigenvalue weighted by Crippen LogP contribution is -2.46. The Hall–Kier alpha value is -1.85. The van der Waals surface area contributed by atoms with Gasteiger partial charge in [-0.25, -0.2) is 0 Å². The molecule has 2 heterocycles. The minimum atomic E-state index is -0.408. The van der Waals surface area contributed by atoms with Crippen LogP contribution in [0.2, 0.25) is 0 Å². The number of aromatic amines is 1. The molecule has 0 saturated carbocycles. The molecule has 3 N–H and O–H groups in total. The van der Waals surface area contributed by atoms with Gasteiger partial charge in [-0.05, 0) is 11.6 Å². The van der Waals surface area contributed by atoms with Crippen LogP contribution in [0.1, 0.15) is 17.3 Å². The summed E-state index contributed by atoms with van der Waals surface area (Å²) in [6.07, 6.45) is 0.572. The Bertz CT molecular complexity index is 620. The summed E-state index contributed by atoms with van der Waals surface area (Å²) in [6, 6.07) is 7.28. The van der Waals surface area contributed by atoms with E-state index in [1.54, 1.807) is 0 Å². The largest absolute Gasteiger partial charge is 0.468 e. The Morgan fingerprint density at radius 2 is 2.26 bits per heavy atom. The molecular weight excluding hydrogens is 244 g/mol. The molecule has 2 aromatic rings. The third-order valence-corrected chi connectivity index (χ3v) is 3.67. The average molecular weight is 260 g/mol. The van der Waals surface area contributed by atoms with E-state index < -0.39 is 6.04 Å². The number of nitrogens with one attached hydrogen (secondary N) is 2. The van der Waals surface area contributed by atoms with Crippen molar-refractivity contribution in [2.24, 2.45) is 0 Å². The zero-order valence-corrected chi connectivity index (χ0v) is 10.6. The first-order chi connectivity index (χ1) is 9.24. The highest BCUT2D eigenvalue weighted by Crippen LogP contribution is 2.31. The van der Waals surface area contributed by atoms with E-state index >= 15 is 0 Å². The molecule has 5 nitrogen and oxygen atoms in total. The van der Waals surface area contributed by atoms with E-state index in [-0.39, 0.29) is 18.6 Å². The van der Waals surface area contributed by atoms with Crippen molar-refractivity contribution in [3.63, 3.8) is 0 Å². The summed E-state index contributed by atoms with van der Waals surface area (Å²) < 4.78 is 4.79. The number of H-pyrrole nitrogens is 1. The topological polar surface area (TPSA) is 74.4 Å². The summed E-state index contributed by atoms with van der Waals surface area (Å²) in [4.78, 5) is 15.0. The van der Waals surface area contributed by atoms with Crippen LogP contribution in [0.3, 0.4) is 0 Å². The standard InChI is InChI=1S/C14H16N2O3/c1-19-14(18)11-6-9-8-4-2-3-5-10(8)16-13(9)12(7-17)15-11/h2-5,11-12,15-17H,6-7H2,1H3/t11-,12+/m1/s1. The number of carbonyl (C=O) groups excluding carboxylic acids is 1. The third kappa shape index (κ3) is 1.91. The Labute approximate surface area is 110 Å². The molecule has 3 rings (SSSR count). The summed E-state index contributed by atoms with van der Waals surface area (Å²) in [6.45, 7) is -0.0622. The molecule has 100 valence electrons. The summed E-state index contributed by atoms with van der Waals surface area (Å²) in [5, 5.41) is 13.7. The predicted octanol–water partition coefficient (Wildman–Crippen LogP) is 0.889. The van der Waals surface area contributed by atoms with Gasteiger partial charge >= 0.3 is 5.97 Å². The zero-order valence-electron chi connectivity index (χ0n) is 10.6. The Morgan fingerprint density at radius 1 is 1.47 bits per heavy atom. The number of hydrogen-bond acceptors (Lipinski definition) is 4. The zero-order chi connectivity index (χ0) is 13.4. The van der Waals surface area contributed by atoms with Crippen molar-refractivity contribution in [3.05, 3.63) is 35.5 Å². The van der Waals surface area contributed by atoms with E-state index in [0.29, 0.717) is 6.42 Å². The van der Waals surface area contributed by atoms with Crippen molar-refractivity contribution in [3.8, 4) is 0 Å². The number of hydrogen-bond donors (Lipinski definition) is 3. The second kappa shape index (κ2) is 4.68. The summed E-state index contributed by atoms with van der Waals surface area (Å²) >= 11 is 0. The molecular formula is C14H16N2O3. The van der Waals surface area contributed by atoms with Crippen LogP contribution in [0.4, 0.5) is 0 Å². The maximum atomic E-state index is 11.7. The molecule has 0 unspecified atom stereocenters. The second-order valence-corrected chi connectivity index (χ2v) is 4.74. The number of esters is 1. The number of aliphatic hydroxyl groups excluding tert-OH is 1. The quantitative estimate of drug-likeness (QED) is 0.701. The molecule has 0 spiro atoms. The summed E-state index contributed by atoms with van der Waals surface area (Å²) in [7, 11) is 1.38. The number of carbonyl (C=O) groups is 1. The van der Waals surface area contributed by atoms with Crippen molar-refractivity contribution >= 4 is 16.9 Å². The highest BCUT2D eigenvalue weighted by atomic mass is 16.5. The van der Waals surface area contributed by atoms with Crippen molar-refractivity contribution in [1.29, 1.82) is 0 Å². The number of rotatable bonds is 2. The SMILES string of the molecule is COC(=O)[C@H]1Cc2c([nH]c3ccccc23)[C@H](CO)N1. The van der Waals surface area contributed by atoms with Gasteiger partial charge in [0, 0.05) is 23.0 Å². The molecule has 0 radical (unpaired) electrons. The highest BCUT2D eigenvalue weighted by Gasteiger charge is 2.33. The van der Waals surface area contributed by atoms with E-state index in [9.17, 15) is 9.90 Å². The van der Waals surface area contributed by atoms with Gasteiger partial charge in [-0.3, -0.25) is 10.1 Å². The number of aromatic nitrogens is 1. The molecule has 0 amide bonds. The molecule has 19 heavy (non-hydrogen) atoms. The van der Waals surface area contributed by atoms with Crippen LogP contribution in [0, 0.1) is 0 Å². The smallest absolute Gasteiger partial charge is 0.323 e. The van der Waals surface area contributed by atoms with Crippen molar-refractivity contribution in [1.82, 2.24) is 10.3 Å². The summed E-state index contributed by atoms with van der Waals surface area (Å²) in [5.74, 6) is -0.297. The fraction of sp³-hybridized carbons (Fsp3) is 0.357. The minimum Gasteiger partial charge on any atom is -0.468 e. The van der Waals surface area contributed by atoms with Gasteiger partial charge in [0.2, 0.25) is 0 Å². The lowest BCUT2D eigenvalue weighted by molar-refractivity contribution is -0.143. The minimum absolute atomic E-state index is 0.0622. The second-order valence-electron chi connectivity index (χ2n) is 4.74. The van der Waals surface area contributed by atoms with Gasteiger partial charge in [0.25, 0.3) is 0 Å². The third-order valence-electron chi connectivity index (χ3n) is 3.67. The number of aliphatic hydroxyl groups is 1. The van der Waals surface area contributed by atoms with E-state index in [4.69, 9.17) is 4.74 Å². The van der Waals surface area contributed by atoms with E-state index in [0.717, 1.165) is 22.2 Å². The molecule has 5 heteroatoms. The molecule has 1 aliphatic heterocycles. The average Bonchev–Trinajstić information content (AvgIpc) is 2.84. The van der Waals surface area contributed by atoms with Crippen molar-refractivity contribution in [2.75, 3.05) is 13.7 Å². The van der Waals surface area contributed by atoms with Crippen LogP contribution in [-0.2, 0) is 16.0 Å². The number of fused-ring (bicyclic) bond motifs is 3. The molecule has 1 aromatic carbocycles. The van der Waals surface area contributed by atoms with E-state index in [1.807, 2.05) is 24.3 Å². The Balaban J connectivity index is 2.09. The van der Waals surface area contributed by atoms with Crippen molar-refractivity contribution < 1.29 is 14.6 Å². The molecule has 2 atom stereocenters. The number of ether oxygens (including phenoxy) is 1. The molecule has 0 fully saturated rings. The van der Waals surface area contributed by atoms with Gasteiger partial charge < -0.3 is 14.8 Å². The van der Waals surface area contributed by atoms with Crippen LogP contribution in [-0.4, -0.2) is 35.8 Å². The van der Waals surface area contributed by atoms with Gasteiger partial charge in [0.05, 0.1) is 19.8 Å². The van der Waals surface area contributed by atoms with Crippen LogP contribution in [0.5, 0.6) is 0 Å². The summed E-state index contributed by atoms with van der Waals surface area (Å²) in [5.41, 5.74) is 3.07. The first kappa shape index (κ1) is 12.2. The number of methoxy groups -OCH3 is 1. The van der Waals surface area contributed by atoms with Crippen molar-refractivity contribution in [2.45, 2.75) is 18.5 Å². The predicted molar refractivity (Wildman–Crippen MR) is 70.8 cm³/mol. The first-order valence-corrected chi connectivity index (χ1v) is 6.28. The van der Waals surface area contributed by atoms with Gasteiger partial charge in [0.1, 0.15) is 6.04 Å². The fourth-order valence-corrected chi connectivity index (χ4v) is 2.77. The van der Waals surface area contributed by atoms with Gasteiger partial charge in [-0.15, -0.1) is 0 Å². The fourth-order valence-electron chi connectivity index (χ4n) is 2.77. The Morgan fingerprint density at radius 3 is 3.00 bits per heavy atom. The van der Waals surface area contributed by atoms with Crippen LogP contribution in [0.15, 0.2) is 24.3 Å². The number of benzene rings is 1. The normalized spacial score (nSPS) is 22.2. The van der Waals surface area contributed by atoms with Crippen LogP contribution < -0.4 is 5.32 Å². The van der Waals surface area contributed by atoms with E-state index in [1.165, 1.54) is 7.11 Å². The monoisotopic (exact) mass is 260 g/mol. The Kier molecular flexibility index (Phi) is 3.00. The van der Waals surface area contributed by atoms with Gasteiger partial charge in [-0.2, -0.15) is 0 Å². The number of para-hydroxylation sites is 1.